The maximum atomic E-state index is 13.3. The van der Waals surface area contributed by atoms with Crippen LogP contribution in [0.3, 0.4) is 0 Å². The first-order chi connectivity index (χ1) is 26.7. The van der Waals surface area contributed by atoms with Crippen molar-refractivity contribution < 1.29 is 61.8 Å². The van der Waals surface area contributed by atoms with Gasteiger partial charge in [-0.1, -0.05) is 48.8 Å². The van der Waals surface area contributed by atoms with Crippen LogP contribution in [0, 0.1) is 17.3 Å². The summed E-state index contributed by atoms with van der Waals surface area (Å²) in [7, 11) is 3.93. The minimum atomic E-state index is -0.785. The molecule has 0 aromatic rings. The molecule has 1 unspecified atom stereocenters. The molecule has 1 N–H and O–H groups in total. The van der Waals surface area contributed by atoms with Gasteiger partial charge in [0.1, 0.15) is 36.6 Å². The van der Waals surface area contributed by atoms with Crippen molar-refractivity contribution in [2.75, 3.05) is 78.4 Å². The molecule has 4 saturated heterocycles. The molecule has 8 rings (SSSR count). The van der Waals surface area contributed by atoms with Crippen molar-refractivity contribution in [1.82, 2.24) is 5.32 Å². The molecule has 2 saturated carbocycles. The summed E-state index contributed by atoms with van der Waals surface area (Å²) in [6, 6.07) is 0. The van der Waals surface area contributed by atoms with E-state index in [1.54, 1.807) is 0 Å². The molecule has 55 heavy (non-hydrogen) atoms. The molecule has 2 spiro atoms. The normalized spacial score (nSPS) is 38.6. The van der Waals surface area contributed by atoms with Crippen molar-refractivity contribution in [3.05, 3.63) is 11.1 Å². The first-order valence-corrected chi connectivity index (χ1v) is 22.7. The number of ether oxygens (including phenoxy) is 10. The topological polar surface area (TPSA) is 165 Å². The number of hydrogen-bond acceptors (Lipinski definition) is 15. The molecule has 0 radical (unpaired) electrons. The van der Waals surface area contributed by atoms with Crippen molar-refractivity contribution >= 4 is 39.6 Å². The lowest BCUT2D eigenvalue weighted by Gasteiger charge is -2.53. The van der Waals surface area contributed by atoms with Crippen LogP contribution in [0.5, 0.6) is 0 Å². The highest BCUT2D eigenvalue weighted by Crippen LogP contribution is 2.83. The average molecular weight is 812 g/mol. The van der Waals surface area contributed by atoms with Gasteiger partial charge in [-0.3, -0.25) is 4.79 Å². The number of epoxide rings is 3. The van der Waals surface area contributed by atoms with E-state index < -0.39 is 29.0 Å². The zero-order valence-corrected chi connectivity index (χ0v) is 33.9. The number of carbonyl (C=O) groups excluding carboxylic acids is 3. The molecule has 0 aromatic heterocycles. The average Bonchev–Trinajstić information content (AvgIpc) is 4.11. The van der Waals surface area contributed by atoms with E-state index in [4.69, 9.17) is 47.4 Å². The molecule has 1 amide bonds. The van der Waals surface area contributed by atoms with E-state index in [0.29, 0.717) is 72.3 Å². The van der Waals surface area contributed by atoms with Crippen molar-refractivity contribution in [2.24, 2.45) is 17.3 Å². The van der Waals surface area contributed by atoms with Gasteiger partial charge in [0, 0.05) is 35.0 Å². The van der Waals surface area contributed by atoms with Gasteiger partial charge < -0.3 is 52.7 Å². The molecule has 8 aliphatic rings. The third-order valence-electron chi connectivity index (χ3n) is 13.3. The van der Waals surface area contributed by atoms with Gasteiger partial charge in [-0.2, -0.15) is 0 Å². The monoisotopic (exact) mass is 811 g/mol. The van der Waals surface area contributed by atoms with E-state index in [-0.39, 0.29) is 60.7 Å². The third kappa shape index (κ3) is 7.25. The van der Waals surface area contributed by atoms with Crippen LogP contribution in [0.2, 0.25) is 0 Å². The quantitative estimate of drug-likeness (QED) is 0.0545. The van der Waals surface area contributed by atoms with Crippen molar-refractivity contribution in [3.63, 3.8) is 0 Å². The van der Waals surface area contributed by atoms with E-state index in [2.05, 4.69) is 26.1 Å². The van der Waals surface area contributed by atoms with Crippen LogP contribution >= 0.6 is 21.6 Å². The van der Waals surface area contributed by atoms with Gasteiger partial charge in [0.05, 0.1) is 59.0 Å². The van der Waals surface area contributed by atoms with Crippen LogP contribution in [0.4, 0.5) is 4.79 Å². The standard InChI is InChI=1S/C39H57NO13S2/c1-24(2)37-31(52-37)32-39(53-32)36(3)10-8-26-27(23-49-33(26)42)28(36)22-29-38(39,51-29)34(37)50-35(43)40-11-12-44-13-14-45-15-16-46-17-18-47-19-20-48-30(41)7-5-4-6-25-9-21-54-55-25/h24-25,28-29,31-32,34H,4-23H2,1-3H3,(H,40,43)/t25?,28-,29-,31-,32-,34+,36-,37-,38+,39+/m0/s1. The van der Waals surface area contributed by atoms with Crippen molar-refractivity contribution in [1.29, 1.82) is 0 Å². The lowest BCUT2D eigenvalue weighted by molar-refractivity contribution is -0.145. The maximum absolute atomic E-state index is 13.3. The third-order valence-corrected chi connectivity index (χ3v) is 16.3. The van der Waals surface area contributed by atoms with Crippen molar-refractivity contribution in [2.45, 2.75) is 119 Å². The Morgan fingerprint density at radius 1 is 0.927 bits per heavy atom. The fourth-order valence-corrected chi connectivity index (χ4v) is 13.5. The number of fused-ring (bicyclic) bond motifs is 4. The summed E-state index contributed by atoms with van der Waals surface area (Å²) in [6.45, 7) is 10.5. The lowest BCUT2D eigenvalue weighted by atomic mass is 9.46. The Bertz CT molecular complexity index is 1480. The molecule has 5 aliphatic heterocycles. The fourth-order valence-electron chi connectivity index (χ4n) is 10.5. The Labute approximate surface area is 331 Å². The number of carbonyl (C=O) groups is 3. The van der Waals surface area contributed by atoms with Crippen LogP contribution in [0.1, 0.15) is 72.1 Å². The zero-order valence-electron chi connectivity index (χ0n) is 32.3. The highest BCUT2D eigenvalue weighted by molar-refractivity contribution is 8.77. The number of hydrogen-bond donors (Lipinski definition) is 1. The van der Waals surface area contributed by atoms with E-state index in [1.165, 1.54) is 18.6 Å². The van der Waals surface area contributed by atoms with E-state index in [1.807, 2.05) is 21.6 Å². The number of nitrogens with one attached hydrogen (secondary N) is 1. The van der Waals surface area contributed by atoms with Crippen LogP contribution in [0.15, 0.2) is 11.1 Å². The Morgan fingerprint density at radius 3 is 2.36 bits per heavy atom. The molecule has 308 valence electrons. The number of unbranched alkanes of at least 4 members (excludes halogenated alkanes) is 1. The second kappa shape index (κ2) is 16.6. The van der Waals surface area contributed by atoms with Crippen LogP contribution in [-0.4, -0.2) is 143 Å². The molecule has 10 atom stereocenters. The summed E-state index contributed by atoms with van der Waals surface area (Å²) < 4.78 is 59.2. The molecule has 14 nitrogen and oxygen atoms in total. The first-order valence-electron chi connectivity index (χ1n) is 20.3. The number of rotatable bonds is 22. The van der Waals surface area contributed by atoms with Crippen LogP contribution < -0.4 is 5.32 Å². The second-order valence-electron chi connectivity index (χ2n) is 16.5. The molecule has 0 aromatic carbocycles. The van der Waals surface area contributed by atoms with Gasteiger partial charge in [0.25, 0.3) is 0 Å². The summed E-state index contributed by atoms with van der Waals surface area (Å²) in [4.78, 5) is 37.6. The molecule has 0 bridgehead atoms. The molecule has 5 heterocycles. The number of esters is 2. The van der Waals surface area contributed by atoms with E-state index in [9.17, 15) is 14.4 Å². The summed E-state index contributed by atoms with van der Waals surface area (Å²) in [5, 5.41) is 3.60. The maximum Gasteiger partial charge on any atom is 0.407 e. The molecule has 6 fully saturated rings. The van der Waals surface area contributed by atoms with Gasteiger partial charge in [0.15, 0.2) is 11.7 Å². The first kappa shape index (κ1) is 40.2. The summed E-state index contributed by atoms with van der Waals surface area (Å²) in [5.41, 5.74) is -0.472. The molecule has 16 heteroatoms. The molecule has 3 aliphatic carbocycles. The Morgan fingerprint density at radius 2 is 1.65 bits per heavy atom. The number of amides is 1. The molecular weight excluding hydrogens is 755 g/mol. The number of cyclic esters (lactones) is 1. The predicted molar refractivity (Wildman–Crippen MR) is 201 cm³/mol. The Hall–Kier alpha value is -1.63. The SMILES string of the molecule is CC(C)[C@]12O[C@H]1[C@@H]1O[C@]13[C@]1(O[C@H]1C[C@H]1C4=C(CC[C@@]13C)C(=O)OC4)[C@@H]2OC(=O)NCCOCCOCCOCCOCCOC(=O)CCCCC1CCSS1. The second-order valence-corrected chi connectivity index (χ2v) is 19.3. The fraction of sp³-hybridized carbons (Fsp3) is 0.872. The van der Waals surface area contributed by atoms with Gasteiger partial charge in [0.2, 0.25) is 0 Å². The Kier molecular flexibility index (Phi) is 12.1. The van der Waals surface area contributed by atoms with E-state index in [0.717, 1.165) is 42.1 Å². The van der Waals surface area contributed by atoms with Crippen LogP contribution in [0.25, 0.3) is 0 Å². The zero-order chi connectivity index (χ0) is 38.3. The minimum absolute atomic E-state index is 0.0814. The predicted octanol–water partition coefficient (Wildman–Crippen LogP) is 4.16. The van der Waals surface area contributed by atoms with Gasteiger partial charge in [-0.25, -0.2) is 9.59 Å². The smallest absolute Gasteiger partial charge is 0.407 e. The summed E-state index contributed by atoms with van der Waals surface area (Å²) in [5.74, 6) is 1.09. The van der Waals surface area contributed by atoms with E-state index >= 15 is 0 Å². The van der Waals surface area contributed by atoms with Gasteiger partial charge in [-0.15, -0.1) is 0 Å². The van der Waals surface area contributed by atoms with Crippen molar-refractivity contribution in [3.8, 4) is 0 Å². The minimum Gasteiger partial charge on any atom is -0.463 e. The highest BCUT2D eigenvalue weighted by atomic mass is 33.1. The summed E-state index contributed by atoms with van der Waals surface area (Å²) in [6.07, 6.45) is 5.43. The van der Waals surface area contributed by atoms with Gasteiger partial charge >= 0.3 is 18.0 Å². The Balaban J connectivity index is 0.673. The lowest BCUT2D eigenvalue weighted by Crippen LogP contribution is -2.70. The number of alkyl carbamates (subject to hydrolysis) is 1. The highest BCUT2D eigenvalue weighted by Gasteiger charge is 3.01. The van der Waals surface area contributed by atoms with Crippen LogP contribution in [-0.2, 0) is 57.0 Å². The van der Waals surface area contributed by atoms with Gasteiger partial charge in [-0.05, 0) is 55.9 Å². The largest absolute Gasteiger partial charge is 0.463 e. The summed E-state index contributed by atoms with van der Waals surface area (Å²) >= 11 is 0. The molecular formula is C39H57NO13S2.